The summed E-state index contributed by atoms with van der Waals surface area (Å²) < 4.78 is 0. The van der Waals surface area contributed by atoms with E-state index < -0.39 is 0 Å². The molecule has 0 spiro atoms. The van der Waals surface area contributed by atoms with Crippen LogP contribution >= 0.6 is 11.8 Å². The molecule has 5 heteroatoms. The molecule has 3 aromatic rings. The summed E-state index contributed by atoms with van der Waals surface area (Å²) in [6, 6.07) is 20.6. The third-order valence-corrected chi connectivity index (χ3v) is 6.17. The number of hydrogen-bond donors (Lipinski definition) is 0. The molecule has 1 fully saturated rings. The van der Waals surface area contributed by atoms with Gasteiger partial charge >= 0.3 is 0 Å². The molecular formula is C24H23N3OS. The molecule has 0 aliphatic carbocycles. The first kappa shape index (κ1) is 19.4. The lowest BCUT2D eigenvalue weighted by Gasteiger charge is -2.17. The lowest BCUT2D eigenvalue weighted by Crippen LogP contribution is -2.30. The quantitative estimate of drug-likeness (QED) is 0.439. The van der Waals surface area contributed by atoms with E-state index in [0.29, 0.717) is 11.7 Å². The van der Waals surface area contributed by atoms with Crippen LogP contribution in [0.15, 0.2) is 70.9 Å². The summed E-state index contributed by atoms with van der Waals surface area (Å²) >= 11 is 1.46. The molecule has 1 aliphatic rings. The van der Waals surface area contributed by atoms with E-state index in [1.165, 1.54) is 22.7 Å². The van der Waals surface area contributed by atoms with Crippen molar-refractivity contribution in [3.05, 3.63) is 82.9 Å². The lowest BCUT2D eigenvalue weighted by atomic mass is 10.0. The Hall–Kier alpha value is -2.92. The van der Waals surface area contributed by atoms with E-state index in [0.717, 1.165) is 22.1 Å². The van der Waals surface area contributed by atoms with Gasteiger partial charge < -0.3 is 0 Å². The number of carbonyl (C=O) groups excluding carboxylic acids is 1. The second-order valence-electron chi connectivity index (χ2n) is 7.31. The second-order valence-corrected chi connectivity index (χ2v) is 8.62. The SMILES string of the molecule is Cc1ccc(C=NN=C2SC(C)C(=O)N2Cc2cccc3ccccc23)c(C)c1. The maximum atomic E-state index is 12.8. The van der Waals surface area contributed by atoms with Gasteiger partial charge in [0.2, 0.25) is 5.91 Å². The third-order valence-electron chi connectivity index (χ3n) is 5.10. The Morgan fingerprint density at radius 2 is 1.86 bits per heavy atom. The van der Waals surface area contributed by atoms with Crippen LogP contribution in [0, 0.1) is 13.8 Å². The molecule has 0 bridgehead atoms. The van der Waals surface area contributed by atoms with E-state index >= 15 is 0 Å². The number of benzene rings is 3. The van der Waals surface area contributed by atoms with Crippen LogP contribution in [0.1, 0.15) is 29.2 Å². The number of aryl methyl sites for hydroxylation is 2. The molecule has 1 atom stereocenters. The van der Waals surface area contributed by atoms with Gasteiger partial charge in [-0.1, -0.05) is 78.0 Å². The average Bonchev–Trinajstić information content (AvgIpc) is 2.97. The number of fused-ring (bicyclic) bond motifs is 1. The van der Waals surface area contributed by atoms with Crippen molar-refractivity contribution < 1.29 is 4.79 Å². The van der Waals surface area contributed by atoms with E-state index in [-0.39, 0.29) is 11.2 Å². The maximum absolute atomic E-state index is 12.8. The molecule has 4 nitrogen and oxygen atoms in total. The van der Waals surface area contributed by atoms with Crippen molar-refractivity contribution in [2.24, 2.45) is 10.2 Å². The molecule has 3 aromatic carbocycles. The van der Waals surface area contributed by atoms with Crippen molar-refractivity contribution in [2.45, 2.75) is 32.6 Å². The van der Waals surface area contributed by atoms with Crippen molar-refractivity contribution in [3.63, 3.8) is 0 Å². The largest absolute Gasteiger partial charge is 0.284 e. The molecule has 0 radical (unpaired) electrons. The van der Waals surface area contributed by atoms with Crippen molar-refractivity contribution in [3.8, 4) is 0 Å². The summed E-state index contributed by atoms with van der Waals surface area (Å²) in [6.45, 7) is 6.54. The van der Waals surface area contributed by atoms with Gasteiger partial charge in [-0.2, -0.15) is 5.10 Å². The maximum Gasteiger partial charge on any atom is 0.242 e. The molecule has 0 aromatic heterocycles. The van der Waals surface area contributed by atoms with Gasteiger partial charge in [0.15, 0.2) is 5.17 Å². The number of nitrogens with zero attached hydrogens (tertiary/aromatic N) is 3. The zero-order valence-corrected chi connectivity index (χ0v) is 17.6. The van der Waals surface area contributed by atoms with E-state index in [4.69, 9.17) is 0 Å². The smallest absolute Gasteiger partial charge is 0.242 e. The van der Waals surface area contributed by atoms with Crippen LogP contribution in [0.4, 0.5) is 0 Å². The first-order valence-electron chi connectivity index (χ1n) is 9.66. The lowest BCUT2D eigenvalue weighted by molar-refractivity contribution is -0.126. The highest BCUT2D eigenvalue weighted by Crippen LogP contribution is 2.30. The van der Waals surface area contributed by atoms with Gasteiger partial charge in [0, 0.05) is 0 Å². The highest BCUT2D eigenvalue weighted by Gasteiger charge is 2.35. The fourth-order valence-corrected chi connectivity index (χ4v) is 4.44. The van der Waals surface area contributed by atoms with Crippen LogP contribution in [-0.4, -0.2) is 27.4 Å². The topological polar surface area (TPSA) is 45.0 Å². The van der Waals surface area contributed by atoms with Gasteiger partial charge in [-0.25, -0.2) is 0 Å². The zero-order chi connectivity index (χ0) is 20.4. The number of carbonyl (C=O) groups is 1. The van der Waals surface area contributed by atoms with Crippen LogP contribution in [-0.2, 0) is 11.3 Å². The fraction of sp³-hybridized carbons (Fsp3) is 0.208. The third kappa shape index (κ3) is 4.10. The number of hydrogen-bond acceptors (Lipinski definition) is 4. The van der Waals surface area contributed by atoms with E-state index in [9.17, 15) is 4.79 Å². The first-order chi connectivity index (χ1) is 14.0. The Kier molecular flexibility index (Phi) is 5.49. The zero-order valence-electron chi connectivity index (χ0n) is 16.8. The standard InChI is InChI=1S/C24H23N3OS/c1-16-11-12-20(17(2)13-16)14-25-26-24-27(23(28)18(3)29-24)15-21-9-6-8-19-7-4-5-10-22(19)21/h4-14,18H,15H2,1-3H3. The number of rotatable bonds is 4. The van der Waals surface area contributed by atoms with Crippen LogP contribution in [0.3, 0.4) is 0 Å². The Morgan fingerprint density at radius 1 is 1.07 bits per heavy atom. The van der Waals surface area contributed by atoms with Crippen molar-refractivity contribution in [1.29, 1.82) is 0 Å². The molecule has 0 N–H and O–H groups in total. The summed E-state index contributed by atoms with van der Waals surface area (Å²) in [5.74, 6) is 0.0726. The predicted molar refractivity (Wildman–Crippen MR) is 122 cm³/mol. The van der Waals surface area contributed by atoms with Gasteiger partial charge in [-0.05, 0) is 48.2 Å². The molecule has 1 saturated heterocycles. The molecule has 1 unspecified atom stereocenters. The molecule has 29 heavy (non-hydrogen) atoms. The number of amidine groups is 1. The number of thioether (sulfide) groups is 1. The second kappa shape index (κ2) is 8.21. The molecule has 146 valence electrons. The molecule has 1 heterocycles. The average molecular weight is 402 g/mol. The van der Waals surface area contributed by atoms with E-state index in [2.05, 4.69) is 60.4 Å². The molecule has 0 saturated carbocycles. The van der Waals surface area contributed by atoms with Crippen LogP contribution in [0.25, 0.3) is 10.8 Å². The van der Waals surface area contributed by atoms with Gasteiger partial charge in [-0.3, -0.25) is 9.69 Å². The highest BCUT2D eigenvalue weighted by atomic mass is 32.2. The van der Waals surface area contributed by atoms with Crippen LogP contribution in [0.5, 0.6) is 0 Å². The van der Waals surface area contributed by atoms with Crippen LogP contribution in [0.2, 0.25) is 0 Å². The minimum atomic E-state index is -0.153. The molecule has 1 amide bonds. The van der Waals surface area contributed by atoms with Gasteiger partial charge in [0.05, 0.1) is 18.0 Å². The van der Waals surface area contributed by atoms with Crippen molar-refractivity contribution >= 4 is 39.8 Å². The first-order valence-corrected chi connectivity index (χ1v) is 10.5. The Labute approximate surface area is 175 Å². The predicted octanol–water partition coefficient (Wildman–Crippen LogP) is 5.31. The number of amides is 1. The minimum Gasteiger partial charge on any atom is -0.284 e. The summed E-state index contributed by atoms with van der Waals surface area (Å²) in [6.07, 6.45) is 1.76. The Morgan fingerprint density at radius 3 is 2.69 bits per heavy atom. The van der Waals surface area contributed by atoms with E-state index in [1.54, 1.807) is 11.1 Å². The van der Waals surface area contributed by atoms with Crippen molar-refractivity contribution in [2.75, 3.05) is 0 Å². The van der Waals surface area contributed by atoms with Crippen LogP contribution < -0.4 is 0 Å². The van der Waals surface area contributed by atoms with Gasteiger partial charge in [0.1, 0.15) is 0 Å². The summed E-state index contributed by atoms with van der Waals surface area (Å²) in [7, 11) is 0. The van der Waals surface area contributed by atoms with Gasteiger partial charge in [-0.15, -0.1) is 5.10 Å². The van der Waals surface area contributed by atoms with Gasteiger partial charge in [0.25, 0.3) is 0 Å². The molecule has 4 rings (SSSR count). The van der Waals surface area contributed by atoms with E-state index in [1.807, 2.05) is 31.2 Å². The summed E-state index contributed by atoms with van der Waals surface area (Å²) in [4.78, 5) is 14.5. The molecule has 1 aliphatic heterocycles. The Bertz CT molecular complexity index is 1130. The fourth-order valence-electron chi connectivity index (χ4n) is 3.52. The normalized spacial score (nSPS) is 18.4. The van der Waals surface area contributed by atoms with Crippen molar-refractivity contribution in [1.82, 2.24) is 4.90 Å². The highest BCUT2D eigenvalue weighted by molar-refractivity contribution is 8.15. The summed E-state index contributed by atoms with van der Waals surface area (Å²) in [5.41, 5.74) is 4.52. The summed E-state index contributed by atoms with van der Waals surface area (Å²) in [5, 5.41) is 11.5. The minimum absolute atomic E-state index is 0.0726. The monoisotopic (exact) mass is 401 g/mol. The Balaban J connectivity index is 1.61. The molecular weight excluding hydrogens is 378 g/mol.